The molecule has 0 N–H and O–H groups in total. The number of rotatable bonds is 6. The number of aromatic nitrogens is 4. The van der Waals surface area contributed by atoms with E-state index in [2.05, 4.69) is 138 Å². The number of hydrogen-bond acceptors (Lipinski definition) is 5. The normalized spacial score (nSPS) is 11.8. The molecule has 294 valence electrons. The zero-order valence-corrected chi connectivity index (χ0v) is 33.7. The van der Waals surface area contributed by atoms with Crippen LogP contribution in [-0.4, -0.2) is 19.5 Å². The van der Waals surface area contributed by atoms with E-state index in [1.807, 2.05) is 72.8 Å². The van der Waals surface area contributed by atoms with Crippen LogP contribution in [-0.2, 0) is 0 Å². The van der Waals surface area contributed by atoms with Gasteiger partial charge in [0.25, 0.3) is 0 Å². The third-order valence-corrected chi connectivity index (χ3v) is 12.3. The molecule has 0 radical (unpaired) electrons. The first-order valence-electron chi connectivity index (χ1n) is 21.1. The summed E-state index contributed by atoms with van der Waals surface area (Å²) in [4.78, 5) is 14.9. The zero-order valence-electron chi connectivity index (χ0n) is 33.7. The monoisotopic (exact) mass is 806 g/mol. The standard InChI is InChI=1S/C57H34N4O2/c1-4-14-35(15-5-1)55-58-56(36-16-6-2-7-17-36)60-57(59-55)39-28-31-50-46(34-39)44-23-12-22-43(54(44)63-50)42-21-13-25-52-53(42)47-33-38(27-30-51(47)62-52)37-26-29-49-45(32-37)41-20-10-11-24-48(41)61(49)40-18-8-3-9-19-40/h1-34H. The van der Waals surface area contributed by atoms with Crippen LogP contribution in [0.3, 0.4) is 0 Å². The van der Waals surface area contributed by atoms with Crippen molar-refractivity contribution in [1.29, 1.82) is 0 Å². The molecule has 13 aromatic rings. The van der Waals surface area contributed by atoms with Crippen LogP contribution in [0.5, 0.6) is 0 Å². The summed E-state index contributed by atoms with van der Waals surface area (Å²) in [5, 5.41) is 6.55. The third-order valence-electron chi connectivity index (χ3n) is 12.3. The SMILES string of the molecule is c1ccc(-c2nc(-c3ccccc3)nc(-c3ccc4oc5c(-c6cccc7oc8ccc(-c9ccc%10c(c9)c9ccccc9n%10-c9ccccc9)cc8c67)cccc5c4c3)n2)cc1. The van der Waals surface area contributed by atoms with Gasteiger partial charge in [-0.25, -0.2) is 15.0 Å². The smallest absolute Gasteiger partial charge is 0.164 e. The van der Waals surface area contributed by atoms with Gasteiger partial charge in [-0.2, -0.15) is 0 Å². The van der Waals surface area contributed by atoms with Gasteiger partial charge in [-0.15, -0.1) is 0 Å². The Labute approximate surface area is 361 Å². The lowest BCUT2D eigenvalue weighted by molar-refractivity contribution is 0.668. The molecule has 0 fully saturated rings. The Balaban J connectivity index is 0.942. The minimum Gasteiger partial charge on any atom is -0.456 e. The first-order chi connectivity index (χ1) is 31.2. The van der Waals surface area contributed by atoms with Crippen LogP contribution in [0.1, 0.15) is 0 Å². The fraction of sp³-hybridized carbons (Fsp3) is 0. The number of nitrogens with zero attached hydrogens (tertiary/aromatic N) is 4. The molecule has 9 aromatic carbocycles. The molecule has 0 aliphatic carbocycles. The van der Waals surface area contributed by atoms with E-state index in [0.717, 1.165) is 88.5 Å². The second-order valence-corrected chi connectivity index (χ2v) is 15.9. The van der Waals surface area contributed by atoms with Crippen molar-refractivity contribution < 1.29 is 8.83 Å². The fourth-order valence-electron chi connectivity index (χ4n) is 9.33. The Morgan fingerprint density at radius 2 is 0.857 bits per heavy atom. The first-order valence-corrected chi connectivity index (χ1v) is 21.1. The summed E-state index contributed by atoms with van der Waals surface area (Å²) in [5.41, 5.74) is 13.8. The van der Waals surface area contributed by atoms with Crippen LogP contribution in [0.2, 0.25) is 0 Å². The highest BCUT2D eigenvalue weighted by molar-refractivity contribution is 6.18. The highest BCUT2D eigenvalue weighted by Crippen LogP contribution is 2.44. The highest BCUT2D eigenvalue weighted by atomic mass is 16.3. The molecule has 0 atom stereocenters. The van der Waals surface area contributed by atoms with E-state index in [4.69, 9.17) is 23.8 Å². The van der Waals surface area contributed by atoms with Crippen LogP contribution >= 0.6 is 0 Å². The van der Waals surface area contributed by atoms with Crippen LogP contribution in [0.25, 0.3) is 128 Å². The molecule has 4 aromatic heterocycles. The lowest BCUT2D eigenvalue weighted by atomic mass is 9.95. The van der Waals surface area contributed by atoms with Gasteiger partial charge in [0.2, 0.25) is 0 Å². The highest BCUT2D eigenvalue weighted by Gasteiger charge is 2.20. The quantitative estimate of drug-likeness (QED) is 0.167. The van der Waals surface area contributed by atoms with E-state index < -0.39 is 0 Å². The van der Waals surface area contributed by atoms with E-state index in [0.29, 0.717) is 17.5 Å². The number of benzene rings is 9. The molecular weight excluding hydrogens is 773 g/mol. The molecule has 4 heterocycles. The van der Waals surface area contributed by atoms with E-state index in [1.54, 1.807) is 0 Å². The number of fused-ring (bicyclic) bond motifs is 9. The minimum atomic E-state index is 0.599. The molecule has 13 rings (SSSR count). The van der Waals surface area contributed by atoms with Gasteiger partial charge in [0.15, 0.2) is 17.5 Å². The Morgan fingerprint density at radius 1 is 0.317 bits per heavy atom. The van der Waals surface area contributed by atoms with Crippen molar-refractivity contribution in [2.45, 2.75) is 0 Å². The Bertz CT molecular complexity index is 3850. The number of para-hydroxylation sites is 3. The molecule has 63 heavy (non-hydrogen) atoms. The van der Waals surface area contributed by atoms with Crippen molar-refractivity contribution in [3.8, 4) is 62.1 Å². The van der Waals surface area contributed by atoms with Crippen LogP contribution < -0.4 is 0 Å². The van der Waals surface area contributed by atoms with E-state index >= 15 is 0 Å². The van der Waals surface area contributed by atoms with Gasteiger partial charge in [0, 0.05) is 60.3 Å². The van der Waals surface area contributed by atoms with Gasteiger partial charge in [0.1, 0.15) is 22.3 Å². The average molecular weight is 807 g/mol. The molecule has 0 aliphatic heterocycles. The van der Waals surface area contributed by atoms with Crippen LogP contribution in [0, 0.1) is 0 Å². The van der Waals surface area contributed by atoms with Crippen molar-refractivity contribution in [1.82, 2.24) is 19.5 Å². The summed E-state index contributed by atoms with van der Waals surface area (Å²) < 4.78 is 15.7. The lowest BCUT2D eigenvalue weighted by Gasteiger charge is -2.08. The van der Waals surface area contributed by atoms with Crippen LogP contribution in [0.4, 0.5) is 0 Å². The largest absolute Gasteiger partial charge is 0.456 e. The zero-order chi connectivity index (χ0) is 41.4. The van der Waals surface area contributed by atoms with Gasteiger partial charge in [-0.1, -0.05) is 140 Å². The fourth-order valence-corrected chi connectivity index (χ4v) is 9.33. The maximum absolute atomic E-state index is 6.77. The summed E-state index contributed by atoms with van der Waals surface area (Å²) in [7, 11) is 0. The minimum absolute atomic E-state index is 0.599. The second-order valence-electron chi connectivity index (χ2n) is 15.9. The molecule has 0 amide bonds. The van der Waals surface area contributed by atoms with Crippen molar-refractivity contribution in [3.63, 3.8) is 0 Å². The maximum atomic E-state index is 6.77. The topological polar surface area (TPSA) is 69.9 Å². The molecule has 0 aliphatic rings. The summed E-state index contributed by atoms with van der Waals surface area (Å²) in [5.74, 6) is 1.85. The summed E-state index contributed by atoms with van der Waals surface area (Å²) in [6.07, 6.45) is 0. The van der Waals surface area contributed by atoms with Crippen molar-refractivity contribution in [2.24, 2.45) is 0 Å². The van der Waals surface area contributed by atoms with Crippen molar-refractivity contribution in [3.05, 3.63) is 206 Å². The molecule has 0 saturated carbocycles. The third kappa shape index (κ3) is 5.69. The molecule has 6 heteroatoms. The summed E-state index contributed by atoms with van der Waals surface area (Å²) in [6, 6.07) is 71.5. The molecule has 0 spiro atoms. The van der Waals surface area contributed by atoms with Gasteiger partial charge in [-0.05, 0) is 83.4 Å². The van der Waals surface area contributed by atoms with Crippen molar-refractivity contribution >= 4 is 65.7 Å². The predicted molar refractivity (Wildman–Crippen MR) is 256 cm³/mol. The van der Waals surface area contributed by atoms with Crippen LogP contribution in [0.15, 0.2) is 215 Å². The number of furan rings is 2. The lowest BCUT2D eigenvalue weighted by Crippen LogP contribution is -2.00. The average Bonchev–Trinajstić information content (AvgIpc) is 4.03. The first kappa shape index (κ1) is 35.2. The maximum Gasteiger partial charge on any atom is 0.164 e. The van der Waals surface area contributed by atoms with E-state index in [-0.39, 0.29) is 0 Å². The van der Waals surface area contributed by atoms with Crippen molar-refractivity contribution in [2.75, 3.05) is 0 Å². The Hall–Kier alpha value is -8.61. The Kier molecular flexibility index (Phi) is 7.80. The molecule has 6 nitrogen and oxygen atoms in total. The van der Waals surface area contributed by atoms with Gasteiger partial charge < -0.3 is 13.4 Å². The van der Waals surface area contributed by atoms with Gasteiger partial charge in [-0.3, -0.25) is 0 Å². The van der Waals surface area contributed by atoms with Gasteiger partial charge >= 0.3 is 0 Å². The summed E-state index contributed by atoms with van der Waals surface area (Å²) in [6.45, 7) is 0. The summed E-state index contributed by atoms with van der Waals surface area (Å²) >= 11 is 0. The number of hydrogen-bond donors (Lipinski definition) is 0. The Morgan fingerprint density at radius 3 is 1.60 bits per heavy atom. The van der Waals surface area contributed by atoms with Gasteiger partial charge in [0.05, 0.1) is 11.0 Å². The molecular formula is C57H34N4O2. The molecule has 0 unspecified atom stereocenters. The van der Waals surface area contributed by atoms with E-state index in [9.17, 15) is 0 Å². The predicted octanol–water partition coefficient (Wildman–Crippen LogP) is 15.1. The molecule has 0 bridgehead atoms. The molecule has 0 saturated heterocycles. The van der Waals surface area contributed by atoms with E-state index in [1.165, 1.54) is 21.8 Å². The second kappa shape index (κ2) is 14.0.